The molecule has 4 unspecified atom stereocenters. The highest BCUT2D eigenvalue weighted by Gasteiger charge is 2.50. The molecule has 5 nitrogen and oxygen atoms in total. The van der Waals surface area contributed by atoms with Crippen molar-refractivity contribution in [3.63, 3.8) is 0 Å². The molecule has 0 spiro atoms. The van der Waals surface area contributed by atoms with Crippen molar-refractivity contribution in [3.05, 3.63) is 30.0 Å². The van der Waals surface area contributed by atoms with Crippen LogP contribution in [0.4, 0.5) is 5.82 Å². The van der Waals surface area contributed by atoms with Crippen LogP contribution in [0, 0.1) is 12.8 Å². The number of nitrogens with two attached hydrogens (primary N) is 1. The third-order valence-corrected chi connectivity index (χ3v) is 4.85. The van der Waals surface area contributed by atoms with Crippen LogP contribution in [0.1, 0.15) is 18.5 Å². The van der Waals surface area contributed by atoms with Crippen LogP contribution in [0.3, 0.4) is 0 Å². The number of benzene rings is 1. The molecule has 1 aromatic heterocycles. The van der Waals surface area contributed by atoms with E-state index in [1.807, 2.05) is 19.1 Å². The van der Waals surface area contributed by atoms with Gasteiger partial charge >= 0.3 is 0 Å². The molecule has 2 aliphatic rings. The van der Waals surface area contributed by atoms with Gasteiger partial charge in [0.05, 0.1) is 17.8 Å². The Kier molecular flexibility index (Phi) is 3.05. The van der Waals surface area contributed by atoms with Crippen LogP contribution >= 0.6 is 0 Å². The number of rotatable bonds is 2. The Labute approximate surface area is 123 Å². The molecule has 1 aliphatic carbocycles. The second-order valence-electron chi connectivity index (χ2n) is 6.07. The van der Waals surface area contributed by atoms with Crippen LogP contribution in [-0.2, 0) is 4.74 Å². The Morgan fingerprint density at radius 2 is 2.05 bits per heavy atom. The highest BCUT2D eigenvalue weighted by molar-refractivity contribution is 5.93. The molecule has 5 heteroatoms. The molecule has 1 saturated heterocycles. The van der Waals surface area contributed by atoms with E-state index in [-0.39, 0.29) is 18.2 Å². The number of aryl methyl sites for hydroxylation is 1. The maximum Gasteiger partial charge on any atom is 0.156 e. The van der Waals surface area contributed by atoms with Gasteiger partial charge in [-0.3, -0.25) is 0 Å². The van der Waals surface area contributed by atoms with Gasteiger partial charge in [-0.05, 0) is 19.8 Å². The summed E-state index contributed by atoms with van der Waals surface area (Å²) in [5.74, 6) is 1.30. The standard InChI is InChI=1S/C16H20N4O/c1-9-10-5-2-3-6-11(10)16(20-19-9)18-14-13(17)12-7-4-8-21-15(12)14/h2-3,5-6,12-15H,4,7-8,17H2,1H3,(H,18,20). The quantitative estimate of drug-likeness (QED) is 0.880. The lowest BCUT2D eigenvalue weighted by atomic mass is 9.68. The van der Waals surface area contributed by atoms with Gasteiger partial charge in [-0.1, -0.05) is 24.3 Å². The smallest absolute Gasteiger partial charge is 0.156 e. The molecule has 0 amide bonds. The second kappa shape index (κ2) is 4.93. The highest BCUT2D eigenvalue weighted by atomic mass is 16.5. The van der Waals surface area contributed by atoms with Gasteiger partial charge in [-0.15, -0.1) is 5.10 Å². The highest BCUT2D eigenvalue weighted by Crippen LogP contribution is 2.39. The minimum absolute atomic E-state index is 0.135. The van der Waals surface area contributed by atoms with Gasteiger partial charge in [-0.2, -0.15) is 5.10 Å². The lowest BCUT2D eigenvalue weighted by Crippen LogP contribution is -2.69. The first-order valence-electron chi connectivity index (χ1n) is 7.61. The molecule has 21 heavy (non-hydrogen) atoms. The molecule has 4 atom stereocenters. The minimum atomic E-state index is 0.135. The van der Waals surface area contributed by atoms with Gasteiger partial charge < -0.3 is 15.8 Å². The monoisotopic (exact) mass is 284 g/mol. The van der Waals surface area contributed by atoms with Gasteiger partial charge in [-0.25, -0.2) is 0 Å². The lowest BCUT2D eigenvalue weighted by molar-refractivity contribution is -0.104. The maximum absolute atomic E-state index is 6.31. The number of nitrogens with one attached hydrogen (secondary N) is 1. The van der Waals surface area contributed by atoms with E-state index in [1.54, 1.807) is 0 Å². The van der Waals surface area contributed by atoms with Gasteiger partial charge in [0.25, 0.3) is 0 Å². The molecule has 1 aliphatic heterocycles. The molecule has 0 bridgehead atoms. The van der Waals surface area contributed by atoms with E-state index in [0.717, 1.165) is 35.3 Å². The summed E-state index contributed by atoms with van der Waals surface area (Å²) in [6.45, 7) is 2.82. The molecule has 110 valence electrons. The van der Waals surface area contributed by atoms with Crippen LogP contribution < -0.4 is 11.1 Å². The summed E-state index contributed by atoms with van der Waals surface area (Å²) < 4.78 is 5.88. The molecule has 0 radical (unpaired) electrons. The van der Waals surface area contributed by atoms with E-state index >= 15 is 0 Å². The predicted molar refractivity (Wildman–Crippen MR) is 82.1 cm³/mol. The van der Waals surface area contributed by atoms with Crippen LogP contribution in [0.2, 0.25) is 0 Å². The van der Waals surface area contributed by atoms with E-state index < -0.39 is 0 Å². The maximum atomic E-state index is 6.31. The summed E-state index contributed by atoms with van der Waals surface area (Å²) in [6, 6.07) is 8.46. The summed E-state index contributed by atoms with van der Waals surface area (Å²) in [6.07, 6.45) is 2.51. The van der Waals surface area contributed by atoms with Crippen molar-refractivity contribution in [2.75, 3.05) is 11.9 Å². The first kappa shape index (κ1) is 13.0. The lowest BCUT2D eigenvalue weighted by Gasteiger charge is -2.52. The molecule has 1 aromatic carbocycles. The van der Waals surface area contributed by atoms with Crippen molar-refractivity contribution in [2.24, 2.45) is 11.7 Å². The number of fused-ring (bicyclic) bond motifs is 2. The third-order valence-electron chi connectivity index (χ3n) is 4.85. The minimum Gasteiger partial charge on any atom is -0.376 e. The summed E-state index contributed by atoms with van der Waals surface area (Å²) >= 11 is 0. The summed E-state index contributed by atoms with van der Waals surface area (Å²) in [7, 11) is 0. The van der Waals surface area contributed by atoms with Crippen LogP contribution in [-0.4, -0.2) is 35.0 Å². The van der Waals surface area contributed by atoms with Crippen LogP contribution in [0.15, 0.2) is 24.3 Å². The number of anilines is 1. The fraction of sp³-hybridized carbons (Fsp3) is 0.500. The zero-order chi connectivity index (χ0) is 14.4. The Morgan fingerprint density at radius 3 is 2.90 bits per heavy atom. The molecule has 2 heterocycles. The predicted octanol–water partition coefficient (Wildman–Crippen LogP) is 1.85. The summed E-state index contributed by atoms with van der Waals surface area (Å²) in [5.41, 5.74) is 7.25. The Bertz CT molecular complexity index is 674. The van der Waals surface area contributed by atoms with Crippen molar-refractivity contribution < 1.29 is 4.74 Å². The first-order chi connectivity index (χ1) is 10.3. The number of nitrogens with zero attached hydrogens (tertiary/aromatic N) is 2. The Hall–Kier alpha value is -1.72. The van der Waals surface area contributed by atoms with Crippen molar-refractivity contribution in [1.29, 1.82) is 0 Å². The Morgan fingerprint density at radius 1 is 1.24 bits per heavy atom. The van der Waals surface area contributed by atoms with Crippen molar-refractivity contribution in [2.45, 2.75) is 38.0 Å². The number of hydrogen-bond donors (Lipinski definition) is 2. The van der Waals surface area contributed by atoms with E-state index in [2.05, 4.69) is 27.6 Å². The Balaban J connectivity index is 1.64. The normalized spacial score (nSPS) is 31.5. The molecule has 2 fully saturated rings. The molecule has 3 N–H and O–H groups in total. The fourth-order valence-electron chi connectivity index (χ4n) is 3.63. The third kappa shape index (κ3) is 2.00. The van der Waals surface area contributed by atoms with Crippen molar-refractivity contribution in [3.8, 4) is 0 Å². The average molecular weight is 284 g/mol. The number of aromatic nitrogens is 2. The summed E-state index contributed by atoms with van der Waals surface area (Å²) in [4.78, 5) is 0. The fourth-order valence-corrected chi connectivity index (χ4v) is 3.63. The molecule has 1 saturated carbocycles. The number of ether oxygens (including phenoxy) is 1. The summed E-state index contributed by atoms with van der Waals surface area (Å²) in [5, 5.41) is 14.3. The zero-order valence-electron chi connectivity index (χ0n) is 12.1. The topological polar surface area (TPSA) is 73.1 Å². The second-order valence-corrected chi connectivity index (χ2v) is 6.07. The zero-order valence-corrected chi connectivity index (χ0v) is 12.1. The van der Waals surface area contributed by atoms with Crippen molar-refractivity contribution in [1.82, 2.24) is 10.2 Å². The largest absolute Gasteiger partial charge is 0.376 e. The van der Waals surface area contributed by atoms with Crippen LogP contribution in [0.5, 0.6) is 0 Å². The van der Waals surface area contributed by atoms with E-state index in [1.165, 1.54) is 6.42 Å². The van der Waals surface area contributed by atoms with Gasteiger partial charge in [0.1, 0.15) is 0 Å². The van der Waals surface area contributed by atoms with Gasteiger partial charge in [0, 0.05) is 29.3 Å². The first-order valence-corrected chi connectivity index (χ1v) is 7.61. The van der Waals surface area contributed by atoms with E-state index in [0.29, 0.717) is 5.92 Å². The van der Waals surface area contributed by atoms with Gasteiger partial charge in [0.15, 0.2) is 5.82 Å². The molecular formula is C16H20N4O. The molecular weight excluding hydrogens is 264 g/mol. The van der Waals surface area contributed by atoms with E-state index in [4.69, 9.17) is 10.5 Å². The SMILES string of the molecule is Cc1nnc(NC2C(N)C3CCCOC32)c2ccccc12. The van der Waals surface area contributed by atoms with Gasteiger partial charge in [0.2, 0.25) is 0 Å². The average Bonchev–Trinajstić information content (AvgIpc) is 2.54. The van der Waals surface area contributed by atoms with Crippen molar-refractivity contribution >= 4 is 16.6 Å². The van der Waals surface area contributed by atoms with E-state index in [9.17, 15) is 0 Å². The molecule has 2 aromatic rings. The number of hydrogen-bond acceptors (Lipinski definition) is 5. The van der Waals surface area contributed by atoms with Crippen LogP contribution in [0.25, 0.3) is 10.8 Å². The molecule has 4 rings (SSSR count).